The zero-order valence-corrected chi connectivity index (χ0v) is 26.3. The van der Waals surface area contributed by atoms with Crippen LogP contribution in [0.3, 0.4) is 0 Å². The Morgan fingerprint density at radius 1 is 0.978 bits per heavy atom. The standard InChI is InChI=1S/C33H31ClF4N4O3S/c1-20-16-39-17-26(42(20)46(44,45)32-5-3-2-4-29(32)34)10-11-27-30(38)18-40-19-31(27)41-33(43)15-28(21-6-8-23(35)9-7-21)22-12-24(36)14-25(37)13-22/h2-9,12-14,18-20,26,28,39H,10-11,15-17H2,1H3,(H,41,43). The van der Waals surface area contributed by atoms with Crippen molar-refractivity contribution < 1.29 is 30.8 Å². The van der Waals surface area contributed by atoms with Gasteiger partial charge in [-0.25, -0.2) is 26.0 Å². The molecular weight excluding hydrogens is 644 g/mol. The van der Waals surface area contributed by atoms with Crippen LogP contribution in [-0.2, 0) is 21.2 Å². The van der Waals surface area contributed by atoms with Crippen molar-refractivity contribution in [3.63, 3.8) is 0 Å². The maximum Gasteiger partial charge on any atom is 0.245 e. The summed E-state index contributed by atoms with van der Waals surface area (Å²) >= 11 is 6.25. The van der Waals surface area contributed by atoms with Crippen LogP contribution in [0.2, 0.25) is 5.02 Å². The number of piperazine rings is 1. The van der Waals surface area contributed by atoms with Gasteiger partial charge in [0.05, 0.1) is 23.1 Å². The number of hydrogen-bond donors (Lipinski definition) is 2. The van der Waals surface area contributed by atoms with Crippen LogP contribution in [0.1, 0.15) is 42.4 Å². The monoisotopic (exact) mass is 674 g/mol. The highest BCUT2D eigenvalue weighted by molar-refractivity contribution is 7.89. The van der Waals surface area contributed by atoms with E-state index < -0.39 is 57.2 Å². The van der Waals surface area contributed by atoms with Crippen molar-refractivity contribution in [3.05, 3.63) is 124 Å². The third kappa shape index (κ3) is 7.58. The Balaban J connectivity index is 1.37. The van der Waals surface area contributed by atoms with E-state index >= 15 is 4.39 Å². The predicted octanol–water partition coefficient (Wildman–Crippen LogP) is 6.44. The zero-order valence-electron chi connectivity index (χ0n) is 24.7. The fraction of sp³-hybridized carbons (Fsp3) is 0.273. The van der Waals surface area contributed by atoms with Crippen molar-refractivity contribution in [3.8, 4) is 0 Å². The number of amides is 1. The summed E-state index contributed by atoms with van der Waals surface area (Å²) in [6.07, 6.45) is 2.23. The topological polar surface area (TPSA) is 91.4 Å². The van der Waals surface area contributed by atoms with Gasteiger partial charge in [0.1, 0.15) is 28.2 Å². The summed E-state index contributed by atoms with van der Waals surface area (Å²) in [5.74, 6) is -4.35. The van der Waals surface area contributed by atoms with Crippen LogP contribution in [0.15, 0.2) is 84.0 Å². The molecule has 0 aliphatic carbocycles. The highest BCUT2D eigenvalue weighted by atomic mass is 35.5. The molecular formula is C33H31ClF4N4O3S. The van der Waals surface area contributed by atoms with Crippen LogP contribution >= 0.6 is 11.6 Å². The van der Waals surface area contributed by atoms with Gasteiger partial charge in [-0.15, -0.1) is 0 Å². The van der Waals surface area contributed by atoms with Gasteiger partial charge in [0.15, 0.2) is 0 Å². The molecule has 5 rings (SSSR count). The normalized spacial score (nSPS) is 17.9. The number of nitrogens with one attached hydrogen (secondary N) is 2. The van der Waals surface area contributed by atoms with Gasteiger partial charge in [-0.05, 0) is 67.3 Å². The third-order valence-electron chi connectivity index (χ3n) is 7.96. The van der Waals surface area contributed by atoms with Crippen molar-refractivity contribution in [2.24, 2.45) is 0 Å². The van der Waals surface area contributed by atoms with E-state index in [0.29, 0.717) is 24.7 Å². The van der Waals surface area contributed by atoms with Crippen molar-refractivity contribution in [2.45, 2.75) is 49.1 Å². The Kier molecular flexibility index (Phi) is 10.4. The van der Waals surface area contributed by atoms with Crippen molar-refractivity contribution in [1.29, 1.82) is 0 Å². The largest absolute Gasteiger partial charge is 0.324 e. The third-order valence-corrected chi connectivity index (χ3v) is 10.5. The van der Waals surface area contributed by atoms with Crippen LogP contribution in [0.25, 0.3) is 0 Å². The second kappa shape index (κ2) is 14.3. The lowest BCUT2D eigenvalue weighted by Crippen LogP contribution is -2.58. The molecule has 0 radical (unpaired) electrons. The van der Waals surface area contributed by atoms with E-state index in [2.05, 4.69) is 15.6 Å². The van der Waals surface area contributed by atoms with Gasteiger partial charge >= 0.3 is 0 Å². The summed E-state index contributed by atoms with van der Waals surface area (Å²) in [5.41, 5.74) is 0.797. The van der Waals surface area contributed by atoms with Gasteiger partial charge in [-0.1, -0.05) is 35.9 Å². The van der Waals surface area contributed by atoms with Crippen LogP contribution in [0.4, 0.5) is 23.2 Å². The predicted molar refractivity (Wildman–Crippen MR) is 167 cm³/mol. The number of benzene rings is 3. The molecule has 0 spiro atoms. The number of hydrogen-bond acceptors (Lipinski definition) is 5. The van der Waals surface area contributed by atoms with E-state index in [0.717, 1.165) is 18.3 Å². The summed E-state index contributed by atoms with van der Waals surface area (Å²) in [6, 6.07) is 13.3. The average Bonchev–Trinajstić information content (AvgIpc) is 2.99. The van der Waals surface area contributed by atoms with Crippen LogP contribution in [-0.4, -0.2) is 48.8 Å². The average molecular weight is 675 g/mol. The molecule has 46 heavy (non-hydrogen) atoms. The highest BCUT2D eigenvalue weighted by Crippen LogP contribution is 2.32. The summed E-state index contributed by atoms with van der Waals surface area (Å²) in [5, 5.41) is 5.98. The van der Waals surface area contributed by atoms with E-state index in [1.165, 1.54) is 46.9 Å². The fourth-order valence-electron chi connectivity index (χ4n) is 5.85. The number of nitrogens with zero attached hydrogens (tertiary/aromatic N) is 2. The minimum atomic E-state index is -4.00. The molecule has 4 aromatic rings. The maximum atomic E-state index is 15.2. The first-order valence-electron chi connectivity index (χ1n) is 14.6. The second-order valence-electron chi connectivity index (χ2n) is 11.2. The van der Waals surface area contributed by atoms with E-state index in [-0.39, 0.29) is 46.0 Å². The van der Waals surface area contributed by atoms with Gasteiger partial charge < -0.3 is 10.6 Å². The minimum Gasteiger partial charge on any atom is -0.324 e. The first kappa shape index (κ1) is 33.5. The van der Waals surface area contributed by atoms with Crippen LogP contribution in [0.5, 0.6) is 0 Å². The molecule has 3 atom stereocenters. The molecule has 3 aromatic carbocycles. The molecule has 1 saturated heterocycles. The number of carbonyl (C=O) groups is 1. The number of anilines is 1. The lowest BCUT2D eigenvalue weighted by molar-refractivity contribution is -0.116. The molecule has 1 amide bonds. The molecule has 0 saturated carbocycles. The van der Waals surface area contributed by atoms with Gasteiger partial charge in [-0.3, -0.25) is 9.78 Å². The highest BCUT2D eigenvalue weighted by Gasteiger charge is 2.38. The molecule has 2 heterocycles. The molecule has 7 nitrogen and oxygen atoms in total. The van der Waals surface area contributed by atoms with Crippen molar-refractivity contribution >= 4 is 33.2 Å². The van der Waals surface area contributed by atoms with E-state index in [1.54, 1.807) is 19.1 Å². The van der Waals surface area contributed by atoms with Crippen molar-refractivity contribution in [1.82, 2.24) is 14.6 Å². The number of sulfonamides is 1. The molecule has 3 unspecified atom stereocenters. The first-order valence-corrected chi connectivity index (χ1v) is 16.4. The van der Waals surface area contributed by atoms with E-state index in [4.69, 9.17) is 11.6 Å². The molecule has 13 heteroatoms. The Bertz CT molecular complexity index is 1810. The molecule has 0 bridgehead atoms. The Morgan fingerprint density at radius 2 is 1.67 bits per heavy atom. The van der Waals surface area contributed by atoms with Crippen molar-refractivity contribution in [2.75, 3.05) is 18.4 Å². The Labute approximate surface area is 269 Å². The number of pyridine rings is 1. The molecule has 2 N–H and O–H groups in total. The summed E-state index contributed by atoms with van der Waals surface area (Å²) in [7, 11) is -4.00. The minimum absolute atomic E-state index is 0.0210. The molecule has 1 aromatic heterocycles. The number of rotatable bonds is 10. The number of aromatic nitrogens is 1. The van der Waals surface area contributed by atoms with Gasteiger partial charge in [-0.2, -0.15) is 4.31 Å². The second-order valence-corrected chi connectivity index (χ2v) is 13.4. The summed E-state index contributed by atoms with van der Waals surface area (Å²) in [4.78, 5) is 17.2. The van der Waals surface area contributed by atoms with Gasteiger partial charge in [0.25, 0.3) is 0 Å². The Hall–Kier alpha value is -3.84. The molecule has 1 fully saturated rings. The lowest BCUT2D eigenvalue weighted by Gasteiger charge is -2.40. The van der Waals surface area contributed by atoms with E-state index in [9.17, 15) is 26.4 Å². The van der Waals surface area contributed by atoms with Gasteiger partial charge in [0, 0.05) is 49.1 Å². The fourth-order valence-corrected chi connectivity index (χ4v) is 8.19. The first-order chi connectivity index (χ1) is 21.9. The summed E-state index contributed by atoms with van der Waals surface area (Å²) < 4.78 is 85.9. The SMILES string of the molecule is CC1CNCC(CCc2c(F)cncc2NC(=O)CC(c2ccc(F)cc2)c2cc(F)cc(F)c2)N1S(=O)(=O)c1ccccc1Cl. The number of carbonyl (C=O) groups excluding carboxylic acids is 1. The molecule has 242 valence electrons. The zero-order chi connectivity index (χ0) is 33.0. The van der Waals surface area contributed by atoms with Crippen LogP contribution in [0, 0.1) is 23.3 Å². The quantitative estimate of drug-likeness (QED) is 0.189. The maximum absolute atomic E-state index is 15.2. The Morgan fingerprint density at radius 3 is 2.37 bits per heavy atom. The van der Waals surface area contributed by atoms with E-state index in [1.807, 2.05) is 0 Å². The van der Waals surface area contributed by atoms with Gasteiger partial charge in [0.2, 0.25) is 15.9 Å². The number of halogens is 5. The summed E-state index contributed by atoms with van der Waals surface area (Å²) in [6.45, 7) is 2.50. The van der Waals surface area contributed by atoms with Crippen LogP contribution < -0.4 is 10.6 Å². The molecule has 1 aliphatic rings. The molecule has 1 aliphatic heterocycles. The lowest BCUT2D eigenvalue weighted by atomic mass is 9.88. The smallest absolute Gasteiger partial charge is 0.245 e.